The molecule has 0 radical (unpaired) electrons. The number of rotatable bonds is 7. The summed E-state index contributed by atoms with van der Waals surface area (Å²) in [6.45, 7) is 4.42. The molecule has 36 heavy (non-hydrogen) atoms. The highest BCUT2D eigenvalue weighted by molar-refractivity contribution is 5.81. The monoisotopic (exact) mass is 488 g/mol. The number of nitrogens with one attached hydrogen (secondary N) is 1. The molecule has 186 valence electrons. The van der Waals surface area contributed by atoms with Gasteiger partial charge in [-0.15, -0.1) is 0 Å². The van der Waals surface area contributed by atoms with Gasteiger partial charge < -0.3 is 19.9 Å². The van der Waals surface area contributed by atoms with Crippen LogP contribution in [0, 0.1) is 5.82 Å². The zero-order valence-electron chi connectivity index (χ0n) is 20.2. The summed E-state index contributed by atoms with van der Waals surface area (Å²) in [5.74, 6) is -0.724. The highest BCUT2D eigenvalue weighted by atomic mass is 19.1. The molecule has 4 rings (SSSR count). The fraction of sp³-hybridized carbons (Fsp3) is 0.250. The van der Waals surface area contributed by atoms with E-state index in [9.17, 15) is 14.0 Å². The van der Waals surface area contributed by atoms with E-state index in [1.54, 1.807) is 24.2 Å². The molecule has 2 heterocycles. The molecule has 0 aliphatic carbocycles. The van der Waals surface area contributed by atoms with Crippen LogP contribution >= 0.6 is 0 Å². The predicted octanol–water partition coefficient (Wildman–Crippen LogP) is 4.45. The second kappa shape index (κ2) is 12.0. The van der Waals surface area contributed by atoms with Gasteiger partial charge in [0.1, 0.15) is 12.4 Å². The maximum Gasteiger partial charge on any atom is 0.325 e. The van der Waals surface area contributed by atoms with Crippen LogP contribution in [0.3, 0.4) is 0 Å². The Morgan fingerprint density at radius 1 is 0.944 bits per heavy atom. The van der Waals surface area contributed by atoms with Gasteiger partial charge in [-0.3, -0.25) is 9.78 Å². The smallest absolute Gasteiger partial charge is 0.325 e. The van der Waals surface area contributed by atoms with Crippen molar-refractivity contribution in [3.63, 3.8) is 0 Å². The first-order valence-electron chi connectivity index (χ1n) is 11.9. The molecule has 1 aliphatic heterocycles. The van der Waals surface area contributed by atoms with E-state index in [-0.39, 0.29) is 18.4 Å². The number of ether oxygens (including phenoxy) is 1. The summed E-state index contributed by atoms with van der Waals surface area (Å²) in [6, 6.07) is 16.6. The van der Waals surface area contributed by atoms with Crippen molar-refractivity contribution in [1.29, 1.82) is 0 Å². The van der Waals surface area contributed by atoms with Crippen molar-refractivity contribution >= 4 is 29.8 Å². The molecular weight excluding hydrogens is 459 g/mol. The molecule has 7 nitrogen and oxygen atoms in total. The van der Waals surface area contributed by atoms with Crippen molar-refractivity contribution in [2.75, 3.05) is 44.2 Å². The van der Waals surface area contributed by atoms with Crippen molar-refractivity contribution in [2.45, 2.75) is 6.92 Å². The molecule has 1 aliphatic rings. The third-order valence-corrected chi connectivity index (χ3v) is 5.92. The average molecular weight is 489 g/mol. The van der Waals surface area contributed by atoms with Gasteiger partial charge in [-0.2, -0.15) is 0 Å². The Balaban J connectivity index is 1.32. The Labute approximate surface area is 210 Å². The maximum absolute atomic E-state index is 14.2. The first-order chi connectivity index (χ1) is 17.5. The van der Waals surface area contributed by atoms with E-state index in [4.69, 9.17) is 4.74 Å². The lowest BCUT2D eigenvalue weighted by atomic mass is 10.0. The maximum atomic E-state index is 14.2. The Morgan fingerprint density at radius 3 is 2.33 bits per heavy atom. The van der Waals surface area contributed by atoms with Crippen LogP contribution in [0.2, 0.25) is 0 Å². The van der Waals surface area contributed by atoms with Crippen LogP contribution in [-0.2, 0) is 9.53 Å². The molecule has 2 aromatic carbocycles. The quantitative estimate of drug-likeness (QED) is 0.393. The lowest BCUT2D eigenvalue weighted by Gasteiger charge is -2.36. The van der Waals surface area contributed by atoms with Gasteiger partial charge in [0.15, 0.2) is 0 Å². The number of carbonyl (C=O) groups excluding carboxylic acids is 2. The molecule has 0 spiro atoms. The Kier molecular flexibility index (Phi) is 8.28. The third-order valence-electron chi connectivity index (χ3n) is 5.92. The van der Waals surface area contributed by atoms with Crippen LogP contribution < -0.4 is 10.2 Å². The summed E-state index contributed by atoms with van der Waals surface area (Å²) in [5.41, 5.74) is 4.58. The van der Waals surface area contributed by atoms with Crippen molar-refractivity contribution in [1.82, 2.24) is 15.2 Å². The Hall–Kier alpha value is -4.20. The molecule has 0 bridgehead atoms. The zero-order chi connectivity index (χ0) is 25.3. The lowest BCUT2D eigenvalue weighted by molar-refractivity contribution is -0.141. The lowest BCUT2D eigenvalue weighted by Crippen LogP contribution is -2.52. The minimum atomic E-state index is -0.440. The van der Waals surface area contributed by atoms with Crippen LogP contribution in [0.5, 0.6) is 0 Å². The predicted molar refractivity (Wildman–Crippen MR) is 139 cm³/mol. The van der Waals surface area contributed by atoms with Crippen molar-refractivity contribution < 1.29 is 18.7 Å². The first kappa shape index (κ1) is 24.9. The normalized spacial score (nSPS) is 13.6. The number of hydrogen-bond donors (Lipinski definition) is 1. The van der Waals surface area contributed by atoms with Crippen LogP contribution in [0.1, 0.15) is 18.1 Å². The van der Waals surface area contributed by atoms with E-state index in [0.29, 0.717) is 32.8 Å². The van der Waals surface area contributed by atoms with Crippen molar-refractivity contribution in [2.24, 2.45) is 0 Å². The summed E-state index contributed by atoms with van der Waals surface area (Å²) >= 11 is 0. The number of amides is 2. The Bertz CT molecular complexity index is 1210. The topological polar surface area (TPSA) is 74.8 Å². The van der Waals surface area contributed by atoms with E-state index >= 15 is 0 Å². The zero-order valence-corrected chi connectivity index (χ0v) is 20.2. The van der Waals surface area contributed by atoms with E-state index in [1.165, 1.54) is 12.1 Å². The van der Waals surface area contributed by atoms with E-state index in [0.717, 1.165) is 27.9 Å². The fourth-order valence-electron chi connectivity index (χ4n) is 4.05. The number of pyridine rings is 1. The largest absolute Gasteiger partial charge is 0.465 e. The van der Waals surface area contributed by atoms with Gasteiger partial charge in [0.05, 0.1) is 6.61 Å². The number of aromatic nitrogens is 1. The van der Waals surface area contributed by atoms with Gasteiger partial charge in [-0.1, -0.05) is 24.3 Å². The number of carbonyl (C=O) groups is 2. The minimum Gasteiger partial charge on any atom is -0.465 e. The van der Waals surface area contributed by atoms with Gasteiger partial charge in [-0.05, 0) is 71.6 Å². The Morgan fingerprint density at radius 2 is 1.64 bits per heavy atom. The molecule has 0 unspecified atom stereocenters. The van der Waals surface area contributed by atoms with E-state index < -0.39 is 5.97 Å². The molecular formula is C28H29FN4O3. The number of piperazine rings is 1. The van der Waals surface area contributed by atoms with Crippen LogP contribution in [-0.4, -0.2) is 61.2 Å². The molecule has 1 aromatic heterocycles. The summed E-state index contributed by atoms with van der Waals surface area (Å²) in [4.78, 5) is 31.6. The SMILES string of the molecule is CCOC(=O)CNC(=O)N1CCN(c2ccc(C=Cc3cc(F)cc(-c4ccncc4)c3)cc2)CC1. The summed E-state index contributed by atoms with van der Waals surface area (Å²) < 4.78 is 19.0. The minimum absolute atomic E-state index is 0.122. The molecule has 2 amide bonds. The molecule has 1 fully saturated rings. The second-order valence-electron chi connectivity index (χ2n) is 8.37. The van der Waals surface area contributed by atoms with Gasteiger partial charge in [0.2, 0.25) is 0 Å². The number of anilines is 1. The number of urea groups is 1. The van der Waals surface area contributed by atoms with Gasteiger partial charge in [0.25, 0.3) is 0 Å². The highest BCUT2D eigenvalue weighted by Crippen LogP contribution is 2.23. The van der Waals surface area contributed by atoms with Gasteiger partial charge in [-0.25, -0.2) is 9.18 Å². The number of nitrogens with zero attached hydrogens (tertiary/aromatic N) is 3. The van der Waals surface area contributed by atoms with Crippen molar-refractivity contribution in [3.05, 3.63) is 83.9 Å². The first-order valence-corrected chi connectivity index (χ1v) is 11.9. The highest BCUT2D eigenvalue weighted by Gasteiger charge is 2.21. The van der Waals surface area contributed by atoms with E-state index in [1.807, 2.05) is 54.6 Å². The van der Waals surface area contributed by atoms with E-state index in [2.05, 4.69) is 15.2 Å². The van der Waals surface area contributed by atoms with Crippen LogP contribution in [0.15, 0.2) is 67.0 Å². The molecule has 1 N–H and O–H groups in total. The second-order valence-corrected chi connectivity index (χ2v) is 8.37. The van der Waals surface area contributed by atoms with Gasteiger partial charge in [0, 0.05) is 44.3 Å². The number of hydrogen-bond acceptors (Lipinski definition) is 5. The molecule has 0 saturated carbocycles. The van der Waals surface area contributed by atoms with Crippen molar-refractivity contribution in [3.8, 4) is 11.1 Å². The standard InChI is InChI=1S/C28H29FN4O3/c1-2-36-27(34)20-31-28(35)33-15-13-32(14-16-33)26-7-5-21(6-8-26)3-4-22-17-24(19-25(29)18-22)23-9-11-30-12-10-23/h3-12,17-19H,2,13-16,20H2,1H3,(H,31,35). The average Bonchev–Trinajstić information content (AvgIpc) is 2.91. The fourth-order valence-corrected chi connectivity index (χ4v) is 4.05. The summed E-state index contributed by atoms with van der Waals surface area (Å²) in [7, 11) is 0. The summed E-state index contributed by atoms with van der Waals surface area (Å²) in [6.07, 6.45) is 7.24. The number of benzene rings is 2. The number of esters is 1. The summed E-state index contributed by atoms with van der Waals surface area (Å²) in [5, 5.41) is 2.60. The molecule has 8 heteroatoms. The van der Waals surface area contributed by atoms with Crippen LogP contribution in [0.25, 0.3) is 23.3 Å². The third kappa shape index (κ3) is 6.69. The van der Waals surface area contributed by atoms with Gasteiger partial charge >= 0.3 is 12.0 Å². The molecule has 3 aromatic rings. The van der Waals surface area contributed by atoms with Crippen LogP contribution in [0.4, 0.5) is 14.9 Å². The number of halogens is 1. The molecule has 0 atom stereocenters. The molecule has 1 saturated heterocycles.